The number of aliphatic carboxylic acids is 4. The summed E-state index contributed by atoms with van der Waals surface area (Å²) in [5.41, 5.74) is 0. The van der Waals surface area contributed by atoms with Crippen LogP contribution in [0.5, 0.6) is 0 Å². The van der Waals surface area contributed by atoms with Gasteiger partial charge in [-0.2, -0.15) is 0 Å². The number of hydrogen-bond acceptors (Lipinski definition) is 7. The molecule has 0 aliphatic rings. The van der Waals surface area contributed by atoms with Crippen LogP contribution in [0.25, 0.3) is 0 Å². The zero-order valence-electron chi connectivity index (χ0n) is 12.4. The molecule has 140 valence electrons. The van der Waals surface area contributed by atoms with Gasteiger partial charge in [-0.05, 0) is 0 Å². The third kappa shape index (κ3) is 19.9. The van der Waals surface area contributed by atoms with Gasteiger partial charge in [-0.1, -0.05) is 0 Å². The highest BCUT2D eigenvalue weighted by atomic mass is 31.1. The van der Waals surface area contributed by atoms with Crippen molar-refractivity contribution in [1.29, 1.82) is 0 Å². The summed E-state index contributed by atoms with van der Waals surface area (Å²) in [7, 11) is -3.13. The molecule has 0 atom stereocenters. The fraction of sp³-hybridized carbons (Fsp3) is 0.600. The number of nitrogens with zero attached hydrogens (tertiary/aromatic N) is 2. The molecule has 0 rings (SSSR count). The first-order chi connectivity index (χ1) is 10.9. The van der Waals surface area contributed by atoms with Crippen LogP contribution in [0.2, 0.25) is 0 Å². The quantitative estimate of drug-likeness (QED) is 0.203. The van der Waals surface area contributed by atoms with Crippen molar-refractivity contribution >= 4 is 32.1 Å². The minimum Gasteiger partial charge on any atom is -0.480 e. The summed E-state index contributed by atoms with van der Waals surface area (Å²) < 4.78 is 8.74. The van der Waals surface area contributed by atoms with Crippen LogP contribution < -0.4 is 0 Å². The van der Waals surface area contributed by atoms with Crippen LogP contribution >= 0.6 is 8.25 Å². The molecule has 0 aromatic rings. The Hall–Kier alpha value is -2.05. The summed E-state index contributed by atoms with van der Waals surface area (Å²) in [6, 6.07) is 0. The normalized spacial score (nSPS) is 10.4. The summed E-state index contributed by atoms with van der Waals surface area (Å²) >= 11 is 0. The third-order valence-corrected chi connectivity index (χ3v) is 2.17. The van der Waals surface area contributed by atoms with Gasteiger partial charge in [-0.15, -0.1) is 0 Å². The zero-order valence-corrected chi connectivity index (χ0v) is 13.4. The summed E-state index contributed by atoms with van der Waals surface area (Å²) in [6.45, 7) is -2.25. The number of rotatable bonds is 11. The SMILES string of the molecule is O=C(O)CN(CCN(CC(=O)O)CC(=O)O)CC(=O)O.O=[PH](O)O. The lowest BCUT2D eigenvalue weighted by Crippen LogP contribution is -2.43. The summed E-state index contributed by atoms with van der Waals surface area (Å²) in [4.78, 5) is 58.7. The molecule has 0 bridgehead atoms. The molecule has 0 aliphatic heterocycles. The molecular formula is C10H19N2O11P. The highest BCUT2D eigenvalue weighted by Gasteiger charge is 2.17. The predicted molar refractivity (Wildman–Crippen MR) is 76.9 cm³/mol. The zero-order chi connectivity index (χ0) is 19.3. The standard InChI is InChI=1S/C10H16N2O8.H3O3P/c13-7(14)3-11(4-8(15)16)1-2-12(5-9(17)18)6-10(19)20;1-4(2)3/h1-6H2,(H,13,14)(H,15,16)(H,17,18)(H,19,20);4H,(H2,1,2,3). The first kappa shape index (κ1) is 24.2. The lowest BCUT2D eigenvalue weighted by Gasteiger charge is -2.23. The largest absolute Gasteiger partial charge is 0.480 e. The molecule has 0 aromatic carbocycles. The molecule has 24 heavy (non-hydrogen) atoms. The molecule has 0 amide bonds. The van der Waals surface area contributed by atoms with E-state index in [1.54, 1.807) is 0 Å². The van der Waals surface area contributed by atoms with Crippen molar-refractivity contribution in [3.8, 4) is 0 Å². The van der Waals surface area contributed by atoms with Gasteiger partial charge in [0.15, 0.2) is 0 Å². The molecule has 0 unspecified atom stereocenters. The molecule has 14 heteroatoms. The fourth-order valence-electron chi connectivity index (χ4n) is 1.48. The Morgan fingerprint density at radius 2 is 0.792 bits per heavy atom. The molecule has 0 fully saturated rings. The van der Waals surface area contributed by atoms with Crippen LogP contribution in [0, 0.1) is 0 Å². The van der Waals surface area contributed by atoms with E-state index in [1.807, 2.05) is 0 Å². The van der Waals surface area contributed by atoms with E-state index in [1.165, 1.54) is 0 Å². The Morgan fingerprint density at radius 1 is 0.625 bits per heavy atom. The third-order valence-electron chi connectivity index (χ3n) is 2.17. The van der Waals surface area contributed by atoms with Crippen molar-refractivity contribution in [2.45, 2.75) is 0 Å². The van der Waals surface area contributed by atoms with Crippen LogP contribution in [0.3, 0.4) is 0 Å². The van der Waals surface area contributed by atoms with Gasteiger partial charge >= 0.3 is 32.1 Å². The molecular weight excluding hydrogens is 355 g/mol. The van der Waals surface area contributed by atoms with Crippen molar-refractivity contribution in [2.24, 2.45) is 0 Å². The Kier molecular flexibility index (Phi) is 13.5. The van der Waals surface area contributed by atoms with Crippen molar-refractivity contribution in [3.05, 3.63) is 0 Å². The number of carboxylic acid groups (broad SMARTS) is 4. The maximum atomic E-state index is 10.6. The van der Waals surface area contributed by atoms with Crippen molar-refractivity contribution in [1.82, 2.24) is 9.80 Å². The predicted octanol–water partition coefficient (Wildman–Crippen LogP) is -2.71. The minimum atomic E-state index is -3.13. The Balaban J connectivity index is 0. The summed E-state index contributed by atoms with van der Waals surface area (Å²) in [5.74, 6) is -4.91. The molecule has 13 nitrogen and oxygen atoms in total. The van der Waals surface area contributed by atoms with Gasteiger partial charge in [0.1, 0.15) is 0 Å². The van der Waals surface area contributed by atoms with Gasteiger partial charge in [0.2, 0.25) is 0 Å². The van der Waals surface area contributed by atoms with Gasteiger partial charge in [-0.3, -0.25) is 33.5 Å². The second kappa shape index (κ2) is 13.4. The van der Waals surface area contributed by atoms with Gasteiger partial charge < -0.3 is 30.2 Å². The topological polar surface area (TPSA) is 213 Å². The average molecular weight is 374 g/mol. The molecule has 0 radical (unpaired) electrons. The molecule has 0 aromatic heterocycles. The van der Waals surface area contributed by atoms with E-state index in [0.717, 1.165) is 9.80 Å². The lowest BCUT2D eigenvalue weighted by atomic mass is 10.4. The molecule has 0 saturated heterocycles. The number of carbonyl (C=O) groups is 4. The van der Waals surface area contributed by atoms with Gasteiger partial charge in [0, 0.05) is 13.1 Å². The highest BCUT2D eigenvalue weighted by molar-refractivity contribution is 7.30. The van der Waals surface area contributed by atoms with Gasteiger partial charge in [0.25, 0.3) is 0 Å². The highest BCUT2D eigenvalue weighted by Crippen LogP contribution is 1.98. The van der Waals surface area contributed by atoms with E-state index in [2.05, 4.69) is 0 Å². The maximum absolute atomic E-state index is 10.6. The van der Waals surface area contributed by atoms with Crippen LogP contribution in [0.1, 0.15) is 0 Å². The van der Waals surface area contributed by atoms with E-state index in [0.29, 0.717) is 0 Å². The van der Waals surface area contributed by atoms with Crippen molar-refractivity contribution in [3.63, 3.8) is 0 Å². The first-order valence-corrected chi connectivity index (χ1v) is 7.48. The fourth-order valence-corrected chi connectivity index (χ4v) is 1.48. The second-order valence-corrected chi connectivity index (χ2v) is 4.84. The van der Waals surface area contributed by atoms with Crippen LogP contribution in [0.4, 0.5) is 0 Å². The summed E-state index contributed by atoms with van der Waals surface area (Å²) in [5, 5.41) is 34.5. The minimum absolute atomic E-state index is 0.0703. The van der Waals surface area contributed by atoms with E-state index in [-0.39, 0.29) is 13.1 Å². The van der Waals surface area contributed by atoms with E-state index >= 15 is 0 Å². The molecule has 0 heterocycles. The average Bonchev–Trinajstić information content (AvgIpc) is 2.32. The lowest BCUT2D eigenvalue weighted by molar-refractivity contribution is -0.145. The first-order valence-electron chi connectivity index (χ1n) is 6.17. The molecule has 6 N–H and O–H groups in total. The van der Waals surface area contributed by atoms with E-state index in [9.17, 15) is 19.2 Å². The van der Waals surface area contributed by atoms with E-state index < -0.39 is 58.3 Å². The molecule has 0 saturated carbocycles. The van der Waals surface area contributed by atoms with Crippen LogP contribution in [-0.4, -0.2) is 103 Å². The smallest absolute Gasteiger partial charge is 0.317 e. The van der Waals surface area contributed by atoms with Gasteiger partial charge in [-0.25, -0.2) is 0 Å². The van der Waals surface area contributed by atoms with Crippen molar-refractivity contribution in [2.75, 3.05) is 39.3 Å². The van der Waals surface area contributed by atoms with Crippen molar-refractivity contribution < 1.29 is 54.0 Å². The molecule has 0 spiro atoms. The Labute approximate surface area is 136 Å². The number of carboxylic acids is 4. The second-order valence-electron chi connectivity index (χ2n) is 4.28. The Morgan fingerprint density at radius 3 is 0.917 bits per heavy atom. The monoisotopic (exact) mass is 374 g/mol. The molecule has 0 aliphatic carbocycles. The van der Waals surface area contributed by atoms with E-state index in [4.69, 9.17) is 34.8 Å². The van der Waals surface area contributed by atoms with Gasteiger partial charge in [0.05, 0.1) is 26.2 Å². The maximum Gasteiger partial charge on any atom is 0.317 e. The number of hydrogen-bond donors (Lipinski definition) is 6. The van der Waals surface area contributed by atoms with Crippen LogP contribution in [-0.2, 0) is 23.7 Å². The summed E-state index contributed by atoms with van der Waals surface area (Å²) in [6.07, 6.45) is 0. The Bertz CT molecular complexity index is 398. The van der Waals surface area contributed by atoms with Crippen LogP contribution in [0.15, 0.2) is 0 Å².